The Hall–Kier alpha value is -2.82. The van der Waals surface area contributed by atoms with Crippen molar-refractivity contribution in [3.63, 3.8) is 0 Å². The first-order valence-corrected chi connectivity index (χ1v) is 13.0. The lowest BCUT2D eigenvalue weighted by Crippen LogP contribution is -2.44. The van der Waals surface area contributed by atoms with Crippen molar-refractivity contribution in [2.24, 2.45) is 0 Å². The minimum absolute atomic E-state index is 0.0598. The maximum Gasteiger partial charge on any atom is 0.261 e. The molecule has 184 valence electrons. The predicted molar refractivity (Wildman–Crippen MR) is 134 cm³/mol. The Labute approximate surface area is 205 Å². The van der Waals surface area contributed by atoms with Crippen molar-refractivity contribution in [2.45, 2.75) is 18.2 Å². The summed E-state index contributed by atoms with van der Waals surface area (Å²) >= 11 is 5.90. The van der Waals surface area contributed by atoms with Gasteiger partial charge in [0.1, 0.15) is 0 Å². The van der Waals surface area contributed by atoms with Crippen LogP contribution < -0.4 is 20.3 Å². The number of rotatable bonds is 9. The summed E-state index contributed by atoms with van der Waals surface area (Å²) in [4.78, 5) is 28.5. The predicted octanol–water partition coefficient (Wildman–Crippen LogP) is 2.15. The van der Waals surface area contributed by atoms with Crippen LogP contribution in [0.2, 0.25) is 5.02 Å². The van der Waals surface area contributed by atoms with E-state index in [0.29, 0.717) is 36.0 Å². The monoisotopic (exact) mass is 507 g/mol. The lowest BCUT2D eigenvalue weighted by molar-refractivity contribution is -0.121. The van der Waals surface area contributed by atoms with Crippen molar-refractivity contribution in [1.29, 1.82) is 0 Å². The fourth-order valence-corrected chi connectivity index (χ4v) is 4.77. The van der Waals surface area contributed by atoms with Crippen LogP contribution in [0.25, 0.3) is 0 Å². The third kappa shape index (κ3) is 6.62. The van der Waals surface area contributed by atoms with Crippen LogP contribution in [0.1, 0.15) is 23.7 Å². The van der Waals surface area contributed by atoms with Crippen molar-refractivity contribution < 1.29 is 18.0 Å². The number of halogens is 1. The molecule has 3 N–H and O–H groups in total. The number of carbonyl (C=O) groups is 2. The number of benzene rings is 2. The number of nitrogens with one attached hydrogen (secondary N) is 3. The van der Waals surface area contributed by atoms with Gasteiger partial charge in [-0.05, 0) is 48.9 Å². The van der Waals surface area contributed by atoms with E-state index in [1.54, 1.807) is 12.1 Å². The summed E-state index contributed by atoms with van der Waals surface area (Å²) in [5, 5.41) is 6.44. The minimum atomic E-state index is -3.92. The Bertz CT molecular complexity index is 1120. The first-order chi connectivity index (χ1) is 16.2. The van der Waals surface area contributed by atoms with Crippen molar-refractivity contribution in [1.82, 2.24) is 15.5 Å². The van der Waals surface area contributed by atoms with Crippen LogP contribution in [0, 0.1) is 0 Å². The zero-order valence-corrected chi connectivity index (χ0v) is 20.9. The van der Waals surface area contributed by atoms with Crippen molar-refractivity contribution in [3.8, 4) is 0 Å². The highest BCUT2D eigenvalue weighted by Crippen LogP contribution is 2.30. The van der Waals surface area contributed by atoms with E-state index in [1.807, 2.05) is 6.92 Å². The van der Waals surface area contributed by atoms with Gasteiger partial charge in [-0.2, -0.15) is 0 Å². The van der Waals surface area contributed by atoms with Crippen molar-refractivity contribution >= 4 is 44.8 Å². The molecule has 0 aromatic heterocycles. The molecular weight excluding hydrogens is 478 g/mol. The van der Waals surface area contributed by atoms with Crippen LogP contribution >= 0.6 is 11.6 Å². The van der Waals surface area contributed by atoms with Gasteiger partial charge in [0, 0.05) is 50.4 Å². The molecule has 2 amide bonds. The molecule has 1 fully saturated rings. The minimum Gasteiger partial charge on any atom is -0.367 e. The van der Waals surface area contributed by atoms with E-state index >= 15 is 0 Å². The number of piperazine rings is 1. The zero-order valence-electron chi connectivity index (χ0n) is 19.3. The number of amides is 2. The van der Waals surface area contributed by atoms with E-state index in [4.69, 9.17) is 11.6 Å². The summed E-state index contributed by atoms with van der Waals surface area (Å²) in [7, 11) is -2.39. The molecule has 3 rings (SSSR count). The van der Waals surface area contributed by atoms with Crippen LogP contribution in [-0.2, 0) is 14.8 Å². The third-order valence-corrected chi connectivity index (χ3v) is 7.00. The third-order valence-electron chi connectivity index (χ3n) is 5.37. The maximum absolute atomic E-state index is 13.1. The number of nitrogens with zero attached hydrogens (tertiary/aromatic N) is 2. The smallest absolute Gasteiger partial charge is 0.261 e. The van der Waals surface area contributed by atoms with E-state index in [2.05, 4.69) is 20.3 Å². The standard InChI is InChI=1S/C23H30ClN5O4S/c1-3-10-26-22(30)16-28(2)23(31)17-4-9-21(29-13-11-25-12-14-29)20(15-17)27-34(32,33)19-7-5-18(24)6-8-19/h4-9,15,25,27H,3,10-14,16H2,1-2H3,(H,26,30). The normalized spacial score (nSPS) is 13.9. The van der Waals surface area contributed by atoms with E-state index in [9.17, 15) is 18.0 Å². The van der Waals surface area contributed by atoms with Crippen LogP contribution in [0.5, 0.6) is 0 Å². The Morgan fingerprint density at radius 2 is 1.79 bits per heavy atom. The molecule has 0 spiro atoms. The molecule has 11 heteroatoms. The van der Waals surface area contributed by atoms with Gasteiger partial charge >= 0.3 is 0 Å². The molecule has 1 saturated heterocycles. The van der Waals surface area contributed by atoms with Crippen molar-refractivity contribution in [2.75, 3.05) is 55.9 Å². The highest BCUT2D eigenvalue weighted by molar-refractivity contribution is 7.92. The molecule has 0 unspecified atom stereocenters. The zero-order chi connectivity index (χ0) is 24.7. The molecule has 0 saturated carbocycles. The molecule has 1 aliphatic rings. The van der Waals surface area contributed by atoms with Gasteiger partial charge in [-0.15, -0.1) is 0 Å². The Balaban J connectivity index is 1.90. The molecule has 0 aliphatic carbocycles. The SMILES string of the molecule is CCCNC(=O)CN(C)C(=O)c1ccc(N2CCNCC2)c(NS(=O)(=O)c2ccc(Cl)cc2)c1. The molecule has 0 bridgehead atoms. The molecule has 0 atom stereocenters. The largest absolute Gasteiger partial charge is 0.367 e. The molecule has 2 aromatic carbocycles. The summed E-state index contributed by atoms with van der Waals surface area (Å²) in [6.45, 7) is 5.31. The lowest BCUT2D eigenvalue weighted by atomic mass is 10.1. The Morgan fingerprint density at radius 1 is 1.12 bits per heavy atom. The summed E-state index contributed by atoms with van der Waals surface area (Å²) in [5.41, 5.74) is 1.25. The van der Waals surface area contributed by atoms with E-state index in [1.165, 1.54) is 42.3 Å². The number of anilines is 2. The number of carbonyl (C=O) groups excluding carboxylic acids is 2. The van der Waals surface area contributed by atoms with Gasteiger partial charge in [0.05, 0.1) is 22.8 Å². The fraction of sp³-hybridized carbons (Fsp3) is 0.391. The van der Waals surface area contributed by atoms with Gasteiger partial charge in [-0.25, -0.2) is 8.42 Å². The second-order valence-corrected chi connectivity index (χ2v) is 10.2. The van der Waals surface area contributed by atoms with E-state index < -0.39 is 10.0 Å². The second kappa shape index (κ2) is 11.5. The summed E-state index contributed by atoms with van der Waals surface area (Å²) < 4.78 is 28.8. The number of sulfonamides is 1. The average molecular weight is 508 g/mol. The van der Waals surface area contributed by atoms with Crippen LogP contribution in [0.4, 0.5) is 11.4 Å². The number of hydrogen-bond acceptors (Lipinski definition) is 6. The summed E-state index contributed by atoms with van der Waals surface area (Å²) in [5.74, 6) is -0.635. The Kier molecular flexibility index (Phi) is 8.76. The van der Waals surface area contributed by atoms with Gasteiger partial charge in [-0.3, -0.25) is 14.3 Å². The van der Waals surface area contributed by atoms with Crippen LogP contribution in [-0.4, -0.2) is 71.4 Å². The molecule has 34 heavy (non-hydrogen) atoms. The van der Waals surface area contributed by atoms with Gasteiger partial charge in [0.2, 0.25) is 5.91 Å². The highest BCUT2D eigenvalue weighted by atomic mass is 35.5. The van der Waals surface area contributed by atoms with Gasteiger partial charge in [-0.1, -0.05) is 18.5 Å². The number of likely N-dealkylation sites (N-methyl/N-ethyl adjacent to an activating group) is 1. The molecule has 1 aliphatic heterocycles. The summed E-state index contributed by atoms with van der Waals surface area (Å²) in [6, 6.07) is 10.8. The second-order valence-electron chi connectivity index (χ2n) is 8.04. The maximum atomic E-state index is 13.1. The first-order valence-electron chi connectivity index (χ1n) is 11.1. The molecule has 1 heterocycles. The van der Waals surface area contributed by atoms with Gasteiger partial charge in [0.15, 0.2) is 0 Å². The highest BCUT2D eigenvalue weighted by Gasteiger charge is 2.23. The lowest BCUT2D eigenvalue weighted by Gasteiger charge is -2.31. The van der Waals surface area contributed by atoms with Crippen LogP contribution in [0.3, 0.4) is 0 Å². The molecule has 0 radical (unpaired) electrons. The quantitative estimate of drug-likeness (QED) is 0.479. The van der Waals surface area contributed by atoms with E-state index in [0.717, 1.165) is 19.5 Å². The van der Waals surface area contributed by atoms with Gasteiger partial charge in [0.25, 0.3) is 15.9 Å². The fourth-order valence-electron chi connectivity index (χ4n) is 3.58. The Morgan fingerprint density at radius 3 is 2.44 bits per heavy atom. The molecule has 9 nitrogen and oxygen atoms in total. The van der Waals surface area contributed by atoms with E-state index in [-0.39, 0.29) is 28.8 Å². The first kappa shape index (κ1) is 25.8. The topological polar surface area (TPSA) is 111 Å². The van der Waals surface area contributed by atoms with Gasteiger partial charge < -0.3 is 20.4 Å². The summed E-state index contributed by atoms with van der Waals surface area (Å²) in [6.07, 6.45) is 0.800. The molecular formula is C23H30ClN5O4S. The number of hydrogen-bond donors (Lipinski definition) is 3. The molecule has 2 aromatic rings. The van der Waals surface area contributed by atoms with Crippen molar-refractivity contribution in [3.05, 3.63) is 53.1 Å². The van der Waals surface area contributed by atoms with Crippen LogP contribution in [0.15, 0.2) is 47.4 Å². The average Bonchev–Trinajstić information content (AvgIpc) is 2.82.